The smallest absolute Gasteiger partial charge is 0.347 e. The zero-order chi connectivity index (χ0) is 49.3. The van der Waals surface area contributed by atoms with Gasteiger partial charge in [0.2, 0.25) is 0 Å². The molecule has 12 atom stereocenters. The van der Waals surface area contributed by atoms with Gasteiger partial charge in [0.15, 0.2) is 59.0 Å². The molecule has 4 fully saturated rings. The van der Waals surface area contributed by atoms with Crippen LogP contribution in [0.25, 0.3) is 22.3 Å². The number of ether oxygens (including phenoxy) is 6. The Hall–Kier alpha value is -5.90. The molecule has 71 heavy (non-hydrogen) atoms. The van der Waals surface area contributed by atoms with Crippen molar-refractivity contribution in [3.8, 4) is 0 Å². The summed E-state index contributed by atoms with van der Waals surface area (Å²) in [6.07, 6.45) is -3.27. The first kappa shape index (κ1) is 48.7. The molecular formula is C42H48N12O15P2. The Bertz CT molecular complexity index is 2760. The minimum absolute atomic E-state index is 0.133. The van der Waals surface area contributed by atoms with Gasteiger partial charge in [0.25, 0.3) is 0 Å². The van der Waals surface area contributed by atoms with Gasteiger partial charge in [-0.25, -0.2) is 48.6 Å². The normalized spacial score (nSPS) is 27.5. The number of amides is 4. The third-order valence-corrected chi connectivity index (χ3v) is 14.3. The van der Waals surface area contributed by atoms with Crippen molar-refractivity contribution in [1.29, 1.82) is 0 Å². The first-order chi connectivity index (χ1) is 34.3. The van der Waals surface area contributed by atoms with Gasteiger partial charge >= 0.3 is 27.7 Å². The first-order valence-corrected chi connectivity index (χ1v) is 25.5. The molecular weight excluding hydrogens is 974 g/mol. The second kappa shape index (κ2) is 20.7. The third kappa shape index (κ3) is 10.7. The second-order valence-electron chi connectivity index (χ2n) is 16.4. The number of fused-ring (bicyclic) bond motifs is 4. The van der Waals surface area contributed by atoms with Crippen molar-refractivity contribution in [3.05, 3.63) is 97.1 Å². The van der Waals surface area contributed by atoms with Crippen LogP contribution in [-0.4, -0.2) is 136 Å². The molecule has 0 bridgehead atoms. The number of phosphoric acid groups is 2. The zero-order valence-corrected chi connectivity index (χ0v) is 39.6. The Morgan fingerprint density at radius 3 is 1.41 bits per heavy atom. The van der Waals surface area contributed by atoms with E-state index < -0.39 is 103 Å². The molecule has 4 saturated heterocycles. The first-order valence-electron chi connectivity index (χ1n) is 22.5. The summed E-state index contributed by atoms with van der Waals surface area (Å²) in [6.45, 7) is 2.90. The number of hydrogen-bond acceptors (Lipinski definition) is 19. The molecule has 8 heterocycles. The number of urea groups is 2. The van der Waals surface area contributed by atoms with E-state index in [1.54, 1.807) is 23.0 Å². The highest BCUT2D eigenvalue weighted by molar-refractivity contribution is 7.61. The van der Waals surface area contributed by atoms with Crippen molar-refractivity contribution in [2.45, 2.75) is 88.3 Å². The lowest BCUT2D eigenvalue weighted by Gasteiger charge is -2.23. The van der Waals surface area contributed by atoms with Crippen LogP contribution in [0.15, 0.2) is 86.0 Å². The average molecular weight is 1020 g/mol. The molecule has 2 aromatic carbocycles. The quantitative estimate of drug-likeness (QED) is 0.0668. The Kier molecular flexibility index (Phi) is 14.2. The van der Waals surface area contributed by atoms with E-state index in [1.807, 2.05) is 60.7 Å². The molecule has 0 spiro atoms. The number of phosphoric ester groups is 2. The number of carbonyl (C=O) groups is 2. The van der Waals surface area contributed by atoms with Gasteiger partial charge in [-0.2, -0.15) is 4.31 Å². The molecule has 4 aromatic heterocycles. The summed E-state index contributed by atoms with van der Waals surface area (Å²) in [5.74, 6) is 0.265. The number of nitrogens with one attached hydrogen (secondary N) is 4. The number of benzene rings is 2. The molecule has 0 saturated carbocycles. The van der Waals surface area contributed by atoms with Crippen LogP contribution < -0.4 is 21.3 Å². The molecule has 4 aliphatic heterocycles. The van der Waals surface area contributed by atoms with E-state index in [-0.39, 0.29) is 34.0 Å². The van der Waals surface area contributed by atoms with Crippen LogP contribution in [-0.2, 0) is 63.8 Å². The number of hydrogen-bond donors (Lipinski definition) is 6. The predicted molar refractivity (Wildman–Crippen MR) is 244 cm³/mol. The van der Waals surface area contributed by atoms with Crippen LogP contribution in [0.4, 0.5) is 21.2 Å². The highest BCUT2D eigenvalue weighted by Crippen LogP contribution is 2.61. The number of anilines is 2. The minimum atomic E-state index is -5.41. The molecule has 10 rings (SSSR count). The SMILES string of the molecule is CCNC(=O)Nc1ncnc2c1ncn2[C@@H]1O[C@H](COP(=O)(O)OP(=O)(O)OC[C@H]2O[C@@H](n3cnc4c(NC(=O)NCC)ncnc43)[C@@H]3OC(Cc4ccccc4)O[C@@H]32)[C@H]2OC(Cc3ccccc3)O[C@H]21. The summed E-state index contributed by atoms with van der Waals surface area (Å²) in [4.78, 5) is 72.4. The molecule has 27 nitrogen and oxygen atoms in total. The molecule has 4 amide bonds. The lowest BCUT2D eigenvalue weighted by molar-refractivity contribution is -0.149. The van der Waals surface area contributed by atoms with E-state index in [0.29, 0.717) is 25.9 Å². The van der Waals surface area contributed by atoms with Gasteiger partial charge in [-0.05, 0) is 25.0 Å². The molecule has 4 unspecified atom stereocenters. The average Bonchev–Trinajstić information content (AvgIpc) is 4.21. The van der Waals surface area contributed by atoms with Crippen molar-refractivity contribution in [2.24, 2.45) is 0 Å². The van der Waals surface area contributed by atoms with Gasteiger partial charge in [-0.15, -0.1) is 0 Å². The van der Waals surface area contributed by atoms with E-state index >= 15 is 0 Å². The molecule has 29 heteroatoms. The Balaban J connectivity index is 0.826. The van der Waals surface area contributed by atoms with E-state index in [4.69, 9.17) is 41.8 Å². The monoisotopic (exact) mass is 1020 g/mol. The van der Waals surface area contributed by atoms with Crippen LogP contribution >= 0.6 is 15.6 Å². The van der Waals surface area contributed by atoms with Gasteiger partial charge in [0, 0.05) is 25.9 Å². The fraction of sp³-hybridized carbons (Fsp3) is 0.429. The highest BCUT2D eigenvalue weighted by atomic mass is 31.3. The van der Waals surface area contributed by atoms with Gasteiger partial charge in [-0.3, -0.25) is 28.8 Å². The summed E-state index contributed by atoms with van der Waals surface area (Å²) in [5, 5.41) is 10.5. The third-order valence-electron chi connectivity index (χ3n) is 11.7. The Labute approximate surface area is 403 Å². The molecule has 376 valence electrons. The van der Waals surface area contributed by atoms with Crippen molar-refractivity contribution >= 4 is 61.7 Å². The largest absolute Gasteiger partial charge is 0.481 e. The summed E-state index contributed by atoms with van der Waals surface area (Å²) in [6, 6.07) is 17.9. The van der Waals surface area contributed by atoms with Gasteiger partial charge < -0.3 is 48.8 Å². The number of nitrogens with zero attached hydrogens (tertiary/aromatic N) is 8. The van der Waals surface area contributed by atoms with E-state index in [2.05, 4.69) is 51.2 Å². The van der Waals surface area contributed by atoms with E-state index in [1.165, 1.54) is 25.3 Å². The van der Waals surface area contributed by atoms with Crippen LogP contribution in [0, 0.1) is 0 Å². The molecule has 4 aliphatic rings. The maximum atomic E-state index is 13.5. The molecule has 6 N–H and O–H groups in total. The van der Waals surface area contributed by atoms with Crippen LogP contribution in [0.1, 0.15) is 37.4 Å². The fourth-order valence-corrected chi connectivity index (χ4v) is 10.8. The van der Waals surface area contributed by atoms with Crippen molar-refractivity contribution in [1.82, 2.24) is 49.7 Å². The Morgan fingerprint density at radius 2 is 1.00 bits per heavy atom. The molecule has 0 radical (unpaired) electrons. The number of rotatable bonds is 18. The van der Waals surface area contributed by atoms with Gasteiger partial charge in [0.05, 0.1) is 25.9 Å². The van der Waals surface area contributed by atoms with Crippen LogP contribution in [0.3, 0.4) is 0 Å². The van der Waals surface area contributed by atoms with Crippen molar-refractivity contribution in [3.63, 3.8) is 0 Å². The van der Waals surface area contributed by atoms with E-state index in [9.17, 15) is 28.5 Å². The fourth-order valence-electron chi connectivity index (χ4n) is 8.72. The summed E-state index contributed by atoms with van der Waals surface area (Å²) < 4.78 is 83.4. The predicted octanol–water partition coefficient (Wildman–Crippen LogP) is 3.70. The highest BCUT2D eigenvalue weighted by Gasteiger charge is 2.56. The Morgan fingerprint density at radius 1 is 0.592 bits per heavy atom. The van der Waals surface area contributed by atoms with Crippen molar-refractivity contribution in [2.75, 3.05) is 36.9 Å². The zero-order valence-electron chi connectivity index (χ0n) is 37.8. The summed E-state index contributed by atoms with van der Waals surface area (Å²) >= 11 is 0. The topological polar surface area (TPSA) is 327 Å². The minimum Gasteiger partial charge on any atom is -0.347 e. The lowest BCUT2D eigenvalue weighted by atomic mass is 10.1. The van der Waals surface area contributed by atoms with E-state index in [0.717, 1.165) is 11.1 Å². The van der Waals surface area contributed by atoms with Gasteiger partial charge in [0.1, 0.15) is 49.3 Å². The number of carbonyl (C=O) groups excluding carboxylic acids is 2. The lowest BCUT2D eigenvalue weighted by Crippen LogP contribution is -2.32. The van der Waals surface area contributed by atoms with Crippen LogP contribution in [0.5, 0.6) is 0 Å². The maximum Gasteiger partial charge on any atom is 0.481 e. The summed E-state index contributed by atoms with van der Waals surface area (Å²) in [7, 11) is -10.8. The second-order valence-corrected chi connectivity index (χ2v) is 19.5. The van der Waals surface area contributed by atoms with Crippen LogP contribution in [0.2, 0.25) is 0 Å². The van der Waals surface area contributed by atoms with Gasteiger partial charge in [-0.1, -0.05) is 60.7 Å². The standard InChI is InChI=1S/C42H48N12O15P2/c1-3-43-41(55)51-35-29-37(47-19-45-35)53(21-49-29)39-33-31(65-27(67-33)15-23-11-7-5-8-12-23)25(63-39)17-61-70(57,58)69-71(59,60)62-18-26-32-34(68-28(66-32)16-24-13-9-6-10-14-24)40(64-26)54-22-50-30-36(46-20-48-38(30)54)52-42(56)44-4-2/h5-14,19-22,25-28,31-34,39-40H,3-4,15-18H2,1-2H3,(H,57,58)(H,59,60)(H2,43,45,47,51,55)(H2,44,46,48,52,56)/t25-,26-,27?,28?,31-,32-,33-,34-,39-,40-/m1/s1. The number of imidazole rings is 2. The maximum absolute atomic E-state index is 13.5. The molecule has 6 aromatic rings. The summed E-state index contributed by atoms with van der Waals surface area (Å²) in [5.41, 5.74) is 2.83. The molecule has 0 aliphatic carbocycles. The number of aromatic nitrogens is 8. The van der Waals surface area contributed by atoms with Crippen molar-refractivity contribution < 1.29 is 70.3 Å².